The lowest BCUT2D eigenvalue weighted by atomic mass is 10.4. The van der Waals surface area contributed by atoms with Gasteiger partial charge in [-0.05, 0) is 6.07 Å². The molecule has 11 heavy (non-hydrogen) atoms. The summed E-state index contributed by atoms with van der Waals surface area (Å²) in [7, 11) is 0. The minimum Gasteiger partial charge on any atom is -0.397 e. The van der Waals surface area contributed by atoms with Crippen LogP contribution in [0.5, 0.6) is 0 Å². The number of carbonyl (C=O) groups is 1. The zero-order valence-electron chi connectivity index (χ0n) is 5.96. The minimum atomic E-state index is 0.481. The van der Waals surface area contributed by atoms with Crippen LogP contribution in [0.15, 0.2) is 12.3 Å². The number of aldehydes is 1. The van der Waals surface area contributed by atoms with Crippen LogP contribution in [0.3, 0.4) is 0 Å². The number of rotatable bonds is 3. The van der Waals surface area contributed by atoms with E-state index in [-0.39, 0.29) is 0 Å². The maximum Gasteiger partial charge on any atom is 0.166 e. The number of nitrogen functional groups attached to an aromatic ring is 1. The van der Waals surface area contributed by atoms with Crippen molar-refractivity contribution in [1.29, 1.82) is 0 Å². The van der Waals surface area contributed by atoms with Crippen LogP contribution in [-0.2, 0) is 6.54 Å². The largest absolute Gasteiger partial charge is 0.397 e. The second-order valence-electron chi connectivity index (χ2n) is 2.20. The maximum atomic E-state index is 10.4. The molecule has 2 N–H and O–H groups in total. The Labute approximate surface area is 69.8 Å². The van der Waals surface area contributed by atoms with Crippen molar-refractivity contribution in [3.8, 4) is 0 Å². The van der Waals surface area contributed by atoms with E-state index in [4.69, 9.17) is 17.3 Å². The first kappa shape index (κ1) is 8.14. The molecule has 4 heteroatoms. The Balaban J connectivity index is 2.92. The van der Waals surface area contributed by atoms with E-state index >= 15 is 0 Å². The Morgan fingerprint density at radius 2 is 2.45 bits per heavy atom. The molecule has 0 aliphatic rings. The Kier molecular flexibility index (Phi) is 2.54. The van der Waals surface area contributed by atoms with Crippen LogP contribution in [-0.4, -0.2) is 16.7 Å². The molecule has 60 valence electrons. The lowest BCUT2D eigenvalue weighted by molar-refractivity contribution is 0.111. The number of carbonyl (C=O) groups excluding carboxylic acids is 1. The molecule has 1 aromatic heterocycles. The third-order valence-electron chi connectivity index (χ3n) is 1.40. The third kappa shape index (κ3) is 1.74. The van der Waals surface area contributed by atoms with Gasteiger partial charge in [-0.15, -0.1) is 11.6 Å². The first-order valence-electron chi connectivity index (χ1n) is 3.24. The predicted molar refractivity (Wildman–Crippen MR) is 45.0 cm³/mol. The second-order valence-corrected chi connectivity index (χ2v) is 2.58. The highest BCUT2D eigenvalue weighted by Crippen LogP contribution is 2.08. The molecule has 0 fully saturated rings. The molecular formula is C7H9ClN2O. The van der Waals surface area contributed by atoms with Gasteiger partial charge in [-0.1, -0.05) is 0 Å². The second kappa shape index (κ2) is 3.44. The van der Waals surface area contributed by atoms with Crippen molar-refractivity contribution < 1.29 is 4.79 Å². The number of anilines is 1. The van der Waals surface area contributed by atoms with Gasteiger partial charge in [0.05, 0.1) is 11.4 Å². The zero-order valence-corrected chi connectivity index (χ0v) is 6.71. The number of halogens is 1. The Bertz CT molecular complexity index is 257. The molecule has 0 amide bonds. The fraction of sp³-hybridized carbons (Fsp3) is 0.286. The first-order valence-corrected chi connectivity index (χ1v) is 3.78. The topological polar surface area (TPSA) is 48.0 Å². The molecule has 0 unspecified atom stereocenters. The van der Waals surface area contributed by atoms with Crippen LogP contribution >= 0.6 is 11.6 Å². The molecule has 1 rings (SSSR count). The van der Waals surface area contributed by atoms with Gasteiger partial charge in [-0.2, -0.15) is 0 Å². The third-order valence-corrected chi connectivity index (χ3v) is 1.57. The van der Waals surface area contributed by atoms with Gasteiger partial charge in [0.25, 0.3) is 0 Å². The summed E-state index contributed by atoms with van der Waals surface area (Å²) >= 11 is 5.50. The number of hydrogen-bond acceptors (Lipinski definition) is 2. The van der Waals surface area contributed by atoms with Gasteiger partial charge < -0.3 is 10.3 Å². The average Bonchev–Trinajstić information content (AvgIpc) is 2.32. The van der Waals surface area contributed by atoms with Gasteiger partial charge >= 0.3 is 0 Å². The molecule has 1 aromatic rings. The van der Waals surface area contributed by atoms with Crippen LogP contribution in [0, 0.1) is 0 Å². The SMILES string of the molecule is Nc1cc(C=O)n(CCCl)c1. The van der Waals surface area contributed by atoms with Crippen molar-refractivity contribution in [1.82, 2.24) is 4.57 Å². The van der Waals surface area contributed by atoms with Crippen molar-refractivity contribution in [2.75, 3.05) is 11.6 Å². The van der Waals surface area contributed by atoms with Crippen molar-refractivity contribution in [3.63, 3.8) is 0 Å². The molecule has 0 aliphatic carbocycles. The molecule has 0 saturated carbocycles. The molecule has 0 saturated heterocycles. The van der Waals surface area contributed by atoms with Gasteiger partial charge in [0.1, 0.15) is 0 Å². The van der Waals surface area contributed by atoms with E-state index < -0.39 is 0 Å². The summed E-state index contributed by atoms with van der Waals surface area (Å²) in [6.45, 7) is 0.618. The lowest BCUT2D eigenvalue weighted by Gasteiger charge is -1.99. The number of nitrogens with two attached hydrogens (primary N) is 1. The standard InChI is InChI=1S/C7H9ClN2O/c8-1-2-10-4-6(9)3-7(10)5-11/h3-5H,1-2,9H2. The fourth-order valence-corrected chi connectivity index (χ4v) is 1.11. The summed E-state index contributed by atoms with van der Waals surface area (Å²) in [4.78, 5) is 10.4. The highest BCUT2D eigenvalue weighted by molar-refractivity contribution is 6.17. The highest BCUT2D eigenvalue weighted by Gasteiger charge is 2.00. The molecule has 0 aromatic carbocycles. The zero-order chi connectivity index (χ0) is 8.27. The number of nitrogens with zero attached hydrogens (tertiary/aromatic N) is 1. The van der Waals surface area contributed by atoms with E-state index in [1.165, 1.54) is 0 Å². The van der Waals surface area contributed by atoms with Crippen LogP contribution in [0.2, 0.25) is 0 Å². The van der Waals surface area contributed by atoms with E-state index in [9.17, 15) is 4.79 Å². The van der Waals surface area contributed by atoms with Crippen LogP contribution in [0.1, 0.15) is 10.5 Å². The smallest absolute Gasteiger partial charge is 0.166 e. The van der Waals surface area contributed by atoms with E-state index in [2.05, 4.69) is 0 Å². The monoisotopic (exact) mass is 172 g/mol. The van der Waals surface area contributed by atoms with Gasteiger partial charge in [0.15, 0.2) is 6.29 Å². The number of alkyl halides is 1. The van der Waals surface area contributed by atoms with Gasteiger partial charge in [0, 0.05) is 18.6 Å². The normalized spacial score (nSPS) is 9.91. The Morgan fingerprint density at radius 1 is 1.73 bits per heavy atom. The maximum absolute atomic E-state index is 10.4. The Hall–Kier alpha value is -0.960. The molecule has 0 bridgehead atoms. The van der Waals surface area contributed by atoms with Crippen LogP contribution < -0.4 is 5.73 Å². The summed E-state index contributed by atoms with van der Waals surface area (Å²) < 4.78 is 1.73. The van der Waals surface area contributed by atoms with Crippen molar-refractivity contribution in [2.45, 2.75) is 6.54 Å². The highest BCUT2D eigenvalue weighted by atomic mass is 35.5. The number of aryl methyl sites for hydroxylation is 1. The molecule has 3 nitrogen and oxygen atoms in total. The summed E-state index contributed by atoms with van der Waals surface area (Å²) in [5, 5.41) is 0. The van der Waals surface area contributed by atoms with E-state index in [0.29, 0.717) is 23.8 Å². The summed E-state index contributed by atoms with van der Waals surface area (Å²) in [5.74, 6) is 0.481. The quantitative estimate of drug-likeness (QED) is 0.549. The predicted octanol–water partition coefficient (Wildman–Crippen LogP) is 1.12. The molecule has 0 atom stereocenters. The van der Waals surface area contributed by atoms with Crippen molar-refractivity contribution in [2.24, 2.45) is 0 Å². The Morgan fingerprint density at radius 3 is 3.00 bits per heavy atom. The van der Waals surface area contributed by atoms with E-state index in [1.54, 1.807) is 16.8 Å². The molecule has 0 radical (unpaired) electrons. The van der Waals surface area contributed by atoms with E-state index in [1.807, 2.05) is 0 Å². The summed E-state index contributed by atoms with van der Waals surface area (Å²) in [6, 6.07) is 1.62. The molecule has 0 aliphatic heterocycles. The first-order chi connectivity index (χ1) is 5.27. The van der Waals surface area contributed by atoms with Crippen LogP contribution in [0.4, 0.5) is 5.69 Å². The van der Waals surface area contributed by atoms with Gasteiger partial charge in [-0.3, -0.25) is 4.79 Å². The fourth-order valence-electron chi connectivity index (χ4n) is 0.932. The molecule has 1 heterocycles. The minimum absolute atomic E-state index is 0.481. The van der Waals surface area contributed by atoms with Gasteiger partial charge in [-0.25, -0.2) is 0 Å². The number of aromatic nitrogens is 1. The van der Waals surface area contributed by atoms with Crippen molar-refractivity contribution >= 4 is 23.6 Å². The molecule has 0 spiro atoms. The van der Waals surface area contributed by atoms with E-state index in [0.717, 1.165) is 6.29 Å². The lowest BCUT2D eigenvalue weighted by Crippen LogP contribution is -2.01. The van der Waals surface area contributed by atoms with Gasteiger partial charge in [0.2, 0.25) is 0 Å². The van der Waals surface area contributed by atoms with Crippen molar-refractivity contribution in [3.05, 3.63) is 18.0 Å². The number of hydrogen-bond donors (Lipinski definition) is 1. The summed E-state index contributed by atoms with van der Waals surface area (Å²) in [5.41, 5.74) is 6.63. The summed E-state index contributed by atoms with van der Waals surface area (Å²) in [6.07, 6.45) is 2.47. The molecular weight excluding hydrogens is 164 g/mol. The van der Waals surface area contributed by atoms with Crippen LogP contribution in [0.25, 0.3) is 0 Å². The average molecular weight is 173 g/mol.